The van der Waals surface area contributed by atoms with Crippen molar-refractivity contribution in [3.05, 3.63) is 29.3 Å². The van der Waals surface area contributed by atoms with Crippen LogP contribution in [-0.4, -0.2) is 36.7 Å². The van der Waals surface area contributed by atoms with E-state index in [2.05, 4.69) is 0 Å². The van der Waals surface area contributed by atoms with Crippen molar-refractivity contribution in [1.82, 2.24) is 0 Å². The number of aliphatic carboxylic acids is 1. The summed E-state index contributed by atoms with van der Waals surface area (Å²) in [4.78, 5) is 24.7. The summed E-state index contributed by atoms with van der Waals surface area (Å²) < 4.78 is 5.30. The molecule has 1 amide bonds. The summed E-state index contributed by atoms with van der Waals surface area (Å²) in [6.45, 7) is 0.642. The van der Waals surface area contributed by atoms with Gasteiger partial charge in [-0.3, -0.25) is 9.59 Å². The third kappa shape index (κ3) is 3.71. The molecule has 20 heavy (non-hydrogen) atoms. The highest BCUT2D eigenvalue weighted by Crippen LogP contribution is 2.23. The Bertz CT molecular complexity index is 482. The lowest BCUT2D eigenvalue weighted by Crippen LogP contribution is -2.42. The minimum Gasteiger partial charge on any atom is -0.480 e. The Morgan fingerprint density at radius 3 is 2.60 bits per heavy atom. The number of benzene rings is 1. The van der Waals surface area contributed by atoms with Crippen molar-refractivity contribution in [3.8, 4) is 0 Å². The Kier molecular flexibility index (Phi) is 4.98. The number of carboxylic acids is 1. The van der Waals surface area contributed by atoms with Crippen LogP contribution in [0.25, 0.3) is 0 Å². The van der Waals surface area contributed by atoms with Crippen LogP contribution in [0, 0.1) is 5.92 Å². The summed E-state index contributed by atoms with van der Waals surface area (Å²) in [5, 5.41) is 9.54. The van der Waals surface area contributed by atoms with Crippen molar-refractivity contribution in [2.75, 3.05) is 24.7 Å². The fourth-order valence-electron chi connectivity index (χ4n) is 2.21. The van der Waals surface area contributed by atoms with E-state index in [1.807, 2.05) is 0 Å². The van der Waals surface area contributed by atoms with Crippen LogP contribution >= 0.6 is 11.6 Å². The SMILES string of the molecule is O=C(O)CN(C(=O)C1CCCOC1)c1ccc(Cl)cc1. The minimum atomic E-state index is -1.05. The van der Waals surface area contributed by atoms with Gasteiger partial charge in [0, 0.05) is 17.3 Å². The van der Waals surface area contributed by atoms with E-state index in [1.54, 1.807) is 24.3 Å². The molecule has 1 unspecified atom stereocenters. The maximum atomic E-state index is 12.5. The predicted molar refractivity (Wildman–Crippen MR) is 75.0 cm³/mol. The van der Waals surface area contributed by atoms with Gasteiger partial charge in [0.25, 0.3) is 0 Å². The monoisotopic (exact) mass is 297 g/mol. The highest BCUT2D eigenvalue weighted by Gasteiger charge is 2.28. The van der Waals surface area contributed by atoms with E-state index < -0.39 is 5.97 Å². The first-order valence-electron chi connectivity index (χ1n) is 6.44. The normalized spacial score (nSPS) is 18.6. The van der Waals surface area contributed by atoms with Gasteiger partial charge in [-0.1, -0.05) is 11.6 Å². The predicted octanol–water partition coefficient (Wildman–Crippen LogP) is 2.18. The molecule has 108 valence electrons. The van der Waals surface area contributed by atoms with Gasteiger partial charge in [0.2, 0.25) is 5.91 Å². The van der Waals surface area contributed by atoms with Gasteiger partial charge in [-0.15, -0.1) is 0 Å². The lowest BCUT2D eigenvalue weighted by molar-refractivity contribution is -0.137. The van der Waals surface area contributed by atoms with Crippen molar-refractivity contribution >= 4 is 29.2 Å². The van der Waals surface area contributed by atoms with Crippen molar-refractivity contribution in [3.63, 3.8) is 0 Å². The Balaban J connectivity index is 2.19. The first-order valence-corrected chi connectivity index (χ1v) is 6.82. The second-order valence-corrected chi connectivity index (χ2v) is 5.15. The number of carbonyl (C=O) groups excluding carboxylic acids is 1. The maximum Gasteiger partial charge on any atom is 0.323 e. The summed E-state index contributed by atoms with van der Waals surface area (Å²) in [5.74, 6) is -1.54. The van der Waals surface area contributed by atoms with Crippen LogP contribution in [0.1, 0.15) is 12.8 Å². The number of rotatable bonds is 4. The van der Waals surface area contributed by atoms with Gasteiger partial charge < -0.3 is 14.7 Å². The van der Waals surface area contributed by atoms with Gasteiger partial charge in [-0.25, -0.2) is 0 Å². The molecule has 1 aliphatic heterocycles. The highest BCUT2D eigenvalue weighted by atomic mass is 35.5. The first-order chi connectivity index (χ1) is 9.58. The van der Waals surface area contributed by atoms with Gasteiger partial charge in [-0.05, 0) is 37.1 Å². The molecule has 2 rings (SSSR count). The van der Waals surface area contributed by atoms with E-state index in [4.69, 9.17) is 21.4 Å². The van der Waals surface area contributed by atoms with Crippen LogP contribution in [0.3, 0.4) is 0 Å². The van der Waals surface area contributed by atoms with Crippen LogP contribution in [-0.2, 0) is 14.3 Å². The molecule has 0 saturated carbocycles. The van der Waals surface area contributed by atoms with Crippen LogP contribution in [0.15, 0.2) is 24.3 Å². The first kappa shape index (κ1) is 14.8. The molecule has 0 aromatic heterocycles. The van der Waals surface area contributed by atoms with Crippen molar-refractivity contribution in [2.24, 2.45) is 5.92 Å². The highest BCUT2D eigenvalue weighted by molar-refractivity contribution is 6.30. The zero-order valence-electron chi connectivity index (χ0n) is 10.9. The van der Waals surface area contributed by atoms with Crippen LogP contribution in [0.4, 0.5) is 5.69 Å². The van der Waals surface area contributed by atoms with Gasteiger partial charge >= 0.3 is 5.97 Å². The van der Waals surface area contributed by atoms with E-state index in [9.17, 15) is 9.59 Å². The Labute approximate surface area is 122 Å². The largest absolute Gasteiger partial charge is 0.480 e. The quantitative estimate of drug-likeness (QED) is 0.925. The number of ether oxygens (including phenoxy) is 1. The van der Waals surface area contributed by atoms with E-state index in [0.29, 0.717) is 23.9 Å². The Morgan fingerprint density at radius 2 is 2.05 bits per heavy atom. The molecule has 0 spiro atoms. The second-order valence-electron chi connectivity index (χ2n) is 4.71. The molecule has 1 saturated heterocycles. The Hall–Kier alpha value is -1.59. The van der Waals surface area contributed by atoms with E-state index in [-0.39, 0.29) is 18.4 Å². The average Bonchev–Trinajstić information content (AvgIpc) is 2.46. The fraction of sp³-hybridized carbons (Fsp3) is 0.429. The summed E-state index contributed by atoms with van der Waals surface area (Å²) >= 11 is 5.81. The van der Waals surface area contributed by atoms with E-state index in [0.717, 1.165) is 12.8 Å². The summed E-state index contributed by atoms with van der Waals surface area (Å²) in [6.07, 6.45) is 1.54. The number of hydrogen-bond donors (Lipinski definition) is 1. The summed E-state index contributed by atoms with van der Waals surface area (Å²) in [6, 6.07) is 6.56. The van der Waals surface area contributed by atoms with Crippen molar-refractivity contribution in [2.45, 2.75) is 12.8 Å². The lowest BCUT2D eigenvalue weighted by Gasteiger charge is -2.28. The van der Waals surface area contributed by atoms with Gasteiger partial charge in [0.1, 0.15) is 6.54 Å². The van der Waals surface area contributed by atoms with E-state index >= 15 is 0 Å². The summed E-state index contributed by atoms with van der Waals surface area (Å²) in [7, 11) is 0. The molecule has 6 heteroatoms. The molecule has 1 fully saturated rings. The molecule has 0 bridgehead atoms. The molecule has 5 nitrogen and oxygen atoms in total. The molecular weight excluding hydrogens is 282 g/mol. The average molecular weight is 298 g/mol. The number of hydrogen-bond acceptors (Lipinski definition) is 3. The van der Waals surface area contributed by atoms with Crippen LogP contribution < -0.4 is 4.90 Å². The van der Waals surface area contributed by atoms with Crippen LogP contribution in [0.5, 0.6) is 0 Å². The third-order valence-corrected chi connectivity index (χ3v) is 3.46. The molecule has 1 atom stereocenters. The molecule has 1 aromatic rings. The maximum absolute atomic E-state index is 12.5. The fourth-order valence-corrected chi connectivity index (χ4v) is 2.33. The molecule has 1 heterocycles. The van der Waals surface area contributed by atoms with Crippen molar-refractivity contribution in [1.29, 1.82) is 0 Å². The second kappa shape index (κ2) is 6.72. The number of carbonyl (C=O) groups is 2. The van der Waals surface area contributed by atoms with Crippen LogP contribution in [0.2, 0.25) is 5.02 Å². The van der Waals surface area contributed by atoms with Gasteiger partial charge in [-0.2, -0.15) is 0 Å². The Morgan fingerprint density at radius 1 is 1.35 bits per heavy atom. The molecule has 1 aromatic carbocycles. The third-order valence-electron chi connectivity index (χ3n) is 3.21. The number of amides is 1. The zero-order valence-corrected chi connectivity index (χ0v) is 11.7. The number of halogens is 1. The lowest BCUT2D eigenvalue weighted by atomic mass is 10.0. The topological polar surface area (TPSA) is 66.8 Å². The van der Waals surface area contributed by atoms with Crippen molar-refractivity contribution < 1.29 is 19.4 Å². The zero-order chi connectivity index (χ0) is 14.5. The molecule has 0 aliphatic carbocycles. The van der Waals surface area contributed by atoms with Gasteiger partial charge in [0.05, 0.1) is 12.5 Å². The van der Waals surface area contributed by atoms with Gasteiger partial charge in [0.15, 0.2) is 0 Å². The van der Waals surface area contributed by atoms with E-state index in [1.165, 1.54) is 4.90 Å². The standard InChI is InChI=1S/C14H16ClNO4/c15-11-3-5-12(6-4-11)16(8-13(17)18)14(19)10-2-1-7-20-9-10/h3-6,10H,1-2,7-9H2,(H,17,18). The number of carboxylic acid groups (broad SMARTS) is 1. The smallest absolute Gasteiger partial charge is 0.323 e. The molecule has 0 radical (unpaired) electrons. The molecular formula is C14H16ClNO4. The summed E-state index contributed by atoms with van der Waals surface area (Å²) in [5.41, 5.74) is 0.535. The molecule has 1 N–H and O–H groups in total. The number of anilines is 1. The number of nitrogens with zero attached hydrogens (tertiary/aromatic N) is 1. The molecule has 1 aliphatic rings. The minimum absolute atomic E-state index is 0.213.